The van der Waals surface area contributed by atoms with Crippen molar-refractivity contribution in [2.24, 2.45) is 5.73 Å². The van der Waals surface area contributed by atoms with Gasteiger partial charge in [-0.3, -0.25) is 14.5 Å². The van der Waals surface area contributed by atoms with Crippen LogP contribution >= 0.6 is 0 Å². The summed E-state index contributed by atoms with van der Waals surface area (Å²) in [6, 6.07) is 8.80. The summed E-state index contributed by atoms with van der Waals surface area (Å²) >= 11 is 0. The number of nitrogens with two attached hydrogens (primary N) is 1. The van der Waals surface area contributed by atoms with Crippen LogP contribution < -0.4 is 11.1 Å². The minimum Gasteiger partial charge on any atom is -0.369 e. The molecule has 21 heavy (non-hydrogen) atoms. The molecule has 0 atom stereocenters. The van der Waals surface area contributed by atoms with Gasteiger partial charge < -0.3 is 11.1 Å². The second kappa shape index (κ2) is 8.02. The van der Waals surface area contributed by atoms with E-state index < -0.39 is 5.91 Å². The molecule has 1 rings (SSSR count). The molecule has 2 amide bonds. The molecule has 0 aliphatic carbocycles. The Kier molecular flexibility index (Phi) is 6.37. The lowest BCUT2D eigenvalue weighted by molar-refractivity contribution is -0.121. The van der Waals surface area contributed by atoms with Crippen LogP contribution in [-0.2, 0) is 9.59 Å². The van der Waals surface area contributed by atoms with Crippen molar-refractivity contribution < 1.29 is 9.59 Å². The maximum atomic E-state index is 11.9. The number of rotatable bonds is 7. The molecule has 6 nitrogen and oxygen atoms in total. The van der Waals surface area contributed by atoms with Crippen LogP contribution in [0.4, 0.5) is 5.69 Å². The minimum atomic E-state index is -0.406. The lowest BCUT2D eigenvalue weighted by atomic mass is 10.2. The van der Waals surface area contributed by atoms with Gasteiger partial charge in [0, 0.05) is 24.7 Å². The van der Waals surface area contributed by atoms with Gasteiger partial charge in [0.25, 0.3) is 0 Å². The third kappa shape index (κ3) is 6.06. The van der Waals surface area contributed by atoms with E-state index in [4.69, 9.17) is 11.0 Å². The Morgan fingerprint density at radius 2 is 1.95 bits per heavy atom. The highest BCUT2D eigenvalue weighted by molar-refractivity contribution is 5.90. The molecular formula is C15H20N4O2. The largest absolute Gasteiger partial charge is 0.369 e. The molecule has 0 aromatic heterocycles. The SMILES string of the molecule is CC(C)N(CCC(=O)Nc1ccc(C#N)cc1)CC(N)=O. The minimum absolute atomic E-state index is 0.139. The molecule has 0 unspecified atom stereocenters. The van der Waals surface area contributed by atoms with Crippen molar-refractivity contribution in [3.05, 3.63) is 29.8 Å². The number of nitrogens with zero attached hydrogens (tertiary/aromatic N) is 2. The molecule has 0 bridgehead atoms. The molecule has 0 radical (unpaired) electrons. The van der Waals surface area contributed by atoms with E-state index in [1.807, 2.05) is 24.8 Å². The third-order valence-corrected chi connectivity index (χ3v) is 3.01. The first-order valence-electron chi connectivity index (χ1n) is 6.74. The van der Waals surface area contributed by atoms with Crippen LogP contribution in [0.25, 0.3) is 0 Å². The van der Waals surface area contributed by atoms with Crippen LogP contribution in [0, 0.1) is 11.3 Å². The summed E-state index contributed by atoms with van der Waals surface area (Å²) in [6.07, 6.45) is 0.269. The highest BCUT2D eigenvalue weighted by Crippen LogP contribution is 2.09. The Bertz CT molecular complexity index is 532. The summed E-state index contributed by atoms with van der Waals surface area (Å²) in [5.41, 5.74) is 6.37. The zero-order chi connectivity index (χ0) is 15.8. The zero-order valence-electron chi connectivity index (χ0n) is 12.3. The molecule has 1 aromatic rings. The maximum absolute atomic E-state index is 11.9. The number of primary amides is 1. The van der Waals surface area contributed by atoms with E-state index in [9.17, 15) is 9.59 Å². The molecule has 0 heterocycles. The number of benzene rings is 1. The molecule has 0 saturated carbocycles. The molecule has 6 heteroatoms. The van der Waals surface area contributed by atoms with Crippen LogP contribution in [-0.4, -0.2) is 35.8 Å². The molecule has 0 aliphatic rings. The van der Waals surface area contributed by atoms with Crippen molar-refractivity contribution in [2.75, 3.05) is 18.4 Å². The third-order valence-electron chi connectivity index (χ3n) is 3.01. The lowest BCUT2D eigenvalue weighted by Crippen LogP contribution is -2.40. The van der Waals surface area contributed by atoms with Crippen molar-refractivity contribution in [3.8, 4) is 6.07 Å². The molecule has 112 valence electrons. The average molecular weight is 288 g/mol. The quantitative estimate of drug-likeness (QED) is 0.784. The highest BCUT2D eigenvalue weighted by Gasteiger charge is 2.13. The number of amides is 2. The fraction of sp³-hybridized carbons (Fsp3) is 0.400. The zero-order valence-corrected chi connectivity index (χ0v) is 12.3. The number of nitrogens with one attached hydrogen (secondary N) is 1. The van der Waals surface area contributed by atoms with E-state index >= 15 is 0 Å². The van der Waals surface area contributed by atoms with Gasteiger partial charge in [-0.15, -0.1) is 0 Å². The summed E-state index contributed by atoms with van der Waals surface area (Å²) in [6.45, 7) is 4.49. The predicted molar refractivity (Wildman–Crippen MR) is 80.3 cm³/mol. The number of hydrogen-bond donors (Lipinski definition) is 2. The van der Waals surface area contributed by atoms with Crippen molar-refractivity contribution in [2.45, 2.75) is 26.3 Å². The molecule has 0 fully saturated rings. The van der Waals surface area contributed by atoms with E-state index in [1.165, 1.54) is 0 Å². The van der Waals surface area contributed by atoms with E-state index in [0.717, 1.165) is 0 Å². The van der Waals surface area contributed by atoms with Gasteiger partial charge in [-0.1, -0.05) is 0 Å². The van der Waals surface area contributed by atoms with Crippen LogP contribution in [0.15, 0.2) is 24.3 Å². The molecule has 0 spiro atoms. The molecule has 3 N–H and O–H groups in total. The Labute approximate surface area is 124 Å². The van der Waals surface area contributed by atoms with Gasteiger partial charge >= 0.3 is 0 Å². The maximum Gasteiger partial charge on any atom is 0.231 e. The van der Waals surface area contributed by atoms with Crippen molar-refractivity contribution in [3.63, 3.8) is 0 Å². The van der Waals surface area contributed by atoms with Crippen LogP contribution in [0.3, 0.4) is 0 Å². The topological polar surface area (TPSA) is 99.2 Å². The standard InChI is InChI=1S/C15H20N4O2/c1-11(2)19(10-14(17)20)8-7-15(21)18-13-5-3-12(9-16)4-6-13/h3-6,11H,7-8,10H2,1-2H3,(H2,17,20)(H,18,21). The van der Waals surface area contributed by atoms with E-state index in [-0.39, 0.29) is 24.9 Å². The Morgan fingerprint density at radius 3 is 2.43 bits per heavy atom. The van der Waals surface area contributed by atoms with Crippen LogP contribution in [0.1, 0.15) is 25.8 Å². The lowest BCUT2D eigenvalue weighted by Gasteiger charge is -2.24. The van der Waals surface area contributed by atoms with Gasteiger partial charge in [0.2, 0.25) is 11.8 Å². The van der Waals surface area contributed by atoms with Gasteiger partial charge in [-0.05, 0) is 38.1 Å². The number of carbonyl (C=O) groups is 2. The summed E-state index contributed by atoms with van der Waals surface area (Å²) in [7, 11) is 0. The smallest absolute Gasteiger partial charge is 0.231 e. The Morgan fingerprint density at radius 1 is 1.33 bits per heavy atom. The number of carbonyl (C=O) groups excluding carboxylic acids is 2. The van der Waals surface area contributed by atoms with Crippen molar-refractivity contribution in [1.29, 1.82) is 5.26 Å². The van der Waals surface area contributed by atoms with Gasteiger partial charge in [-0.2, -0.15) is 5.26 Å². The van der Waals surface area contributed by atoms with Gasteiger partial charge in [0.1, 0.15) is 0 Å². The monoisotopic (exact) mass is 288 g/mol. The average Bonchev–Trinajstić information content (AvgIpc) is 2.43. The molecular weight excluding hydrogens is 268 g/mol. The fourth-order valence-corrected chi connectivity index (χ4v) is 1.82. The first-order valence-corrected chi connectivity index (χ1v) is 6.74. The van der Waals surface area contributed by atoms with Crippen LogP contribution in [0.2, 0.25) is 0 Å². The Balaban J connectivity index is 2.48. The fourth-order valence-electron chi connectivity index (χ4n) is 1.82. The van der Waals surface area contributed by atoms with Crippen molar-refractivity contribution in [1.82, 2.24) is 4.90 Å². The number of hydrogen-bond acceptors (Lipinski definition) is 4. The summed E-state index contributed by atoms with van der Waals surface area (Å²) in [5, 5.41) is 11.4. The van der Waals surface area contributed by atoms with E-state index in [1.54, 1.807) is 24.3 Å². The van der Waals surface area contributed by atoms with Gasteiger partial charge in [-0.25, -0.2) is 0 Å². The summed E-state index contributed by atoms with van der Waals surface area (Å²) in [5.74, 6) is -0.550. The van der Waals surface area contributed by atoms with E-state index in [0.29, 0.717) is 17.8 Å². The number of nitriles is 1. The summed E-state index contributed by atoms with van der Waals surface area (Å²) < 4.78 is 0. The molecule has 1 aromatic carbocycles. The number of anilines is 1. The predicted octanol–water partition coefficient (Wildman–Crippen LogP) is 1.08. The van der Waals surface area contributed by atoms with Crippen molar-refractivity contribution >= 4 is 17.5 Å². The van der Waals surface area contributed by atoms with E-state index in [2.05, 4.69) is 5.32 Å². The first kappa shape index (κ1) is 16.7. The second-order valence-corrected chi connectivity index (χ2v) is 5.02. The first-order chi connectivity index (χ1) is 9.92. The summed E-state index contributed by atoms with van der Waals surface area (Å²) in [4.78, 5) is 24.7. The second-order valence-electron chi connectivity index (χ2n) is 5.02. The molecule has 0 saturated heterocycles. The highest BCUT2D eigenvalue weighted by atomic mass is 16.2. The Hall–Kier alpha value is -2.39. The molecule has 0 aliphatic heterocycles. The van der Waals surface area contributed by atoms with Crippen LogP contribution in [0.5, 0.6) is 0 Å². The van der Waals surface area contributed by atoms with Gasteiger partial charge in [0.05, 0.1) is 18.2 Å². The normalized spacial score (nSPS) is 10.4. The van der Waals surface area contributed by atoms with Gasteiger partial charge in [0.15, 0.2) is 0 Å².